The lowest BCUT2D eigenvalue weighted by Gasteiger charge is -2.41. The van der Waals surface area contributed by atoms with Crippen LogP contribution in [-0.2, 0) is 27.3 Å². The fourth-order valence-corrected chi connectivity index (χ4v) is 7.55. The summed E-state index contributed by atoms with van der Waals surface area (Å²) in [5.74, 6) is 0.702. The van der Waals surface area contributed by atoms with Gasteiger partial charge in [-0.05, 0) is 82.0 Å². The number of pyridine rings is 2. The van der Waals surface area contributed by atoms with Crippen LogP contribution in [0.4, 0.5) is 0 Å². The van der Waals surface area contributed by atoms with E-state index in [1.54, 1.807) is 0 Å². The van der Waals surface area contributed by atoms with E-state index in [0.717, 1.165) is 45.8 Å². The highest BCUT2D eigenvalue weighted by Gasteiger charge is 2.38. The van der Waals surface area contributed by atoms with Gasteiger partial charge in [-0.2, -0.15) is 23.5 Å². The predicted molar refractivity (Wildman–Crippen MR) is 173 cm³/mol. The van der Waals surface area contributed by atoms with E-state index in [2.05, 4.69) is 60.4 Å². The topological polar surface area (TPSA) is 60.0 Å². The van der Waals surface area contributed by atoms with Crippen LogP contribution in [0.25, 0.3) is 0 Å². The fraction of sp³-hybridized carbons (Fsp3) is 0.697. The van der Waals surface area contributed by atoms with Crippen molar-refractivity contribution in [2.75, 3.05) is 65.1 Å². The lowest BCUT2D eigenvalue weighted by Crippen LogP contribution is -2.53. The first kappa shape index (κ1) is 30.8. The summed E-state index contributed by atoms with van der Waals surface area (Å²) in [6.45, 7) is 13.6. The quantitative estimate of drug-likeness (QED) is 0.296. The Bertz CT molecular complexity index is 1180. The SMILES string of the molecule is CSC(C)c1ccc(C2CCOC2)c(CN2CC(OC3COC[C@@H]3c3ccc(C(C)SC)nc3CN3CCCC3)C2)n1. The molecule has 4 fully saturated rings. The average molecular weight is 613 g/mol. The summed E-state index contributed by atoms with van der Waals surface area (Å²) in [7, 11) is 0. The lowest BCUT2D eigenvalue weighted by atomic mass is 9.93. The van der Waals surface area contributed by atoms with Crippen molar-refractivity contribution in [3.63, 3.8) is 0 Å². The predicted octanol–water partition coefficient (Wildman–Crippen LogP) is 5.81. The van der Waals surface area contributed by atoms with E-state index >= 15 is 0 Å². The molecule has 4 aliphatic heterocycles. The molecule has 0 amide bonds. The monoisotopic (exact) mass is 612 g/mol. The molecule has 42 heavy (non-hydrogen) atoms. The van der Waals surface area contributed by atoms with Gasteiger partial charge in [0.15, 0.2) is 0 Å². The van der Waals surface area contributed by atoms with Crippen LogP contribution in [0.5, 0.6) is 0 Å². The number of aromatic nitrogens is 2. The molecular weight excluding hydrogens is 565 g/mol. The Morgan fingerprint density at radius 2 is 1.48 bits per heavy atom. The highest BCUT2D eigenvalue weighted by atomic mass is 32.2. The summed E-state index contributed by atoms with van der Waals surface area (Å²) in [5, 5.41) is 0.789. The zero-order valence-corrected chi connectivity index (χ0v) is 27.4. The van der Waals surface area contributed by atoms with Crippen molar-refractivity contribution < 1.29 is 14.2 Å². The van der Waals surface area contributed by atoms with Crippen LogP contribution in [0.2, 0.25) is 0 Å². The van der Waals surface area contributed by atoms with Gasteiger partial charge in [0.2, 0.25) is 0 Å². The molecule has 2 aromatic heterocycles. The molecule has 4 saturated heterocycles. The van der Waals surface area contributed by atoms with E-state index in [4.69, 9.17) is 24.2 Å². The zero-order valence-electron chi connectivity index (χ0n) is 25.8. The second-order valence-corrected chi connectivity index (χ2v) is 14.8. The third-order valence-corrected chi connectivity index (χ3v) is 11.5. The van der Waals surface area contributed by atoms with Crippen LogP contribution in [0.3, 0.4) is 0 Å². The summed E-state index contributed by atoms with van der Waals surface area (Å²) >= 11 is 3.71. The molecule has 0 N–H and O–H groups in total. The third kappa shape index (κ3) is 7.03. The molecule has 4 aliphatic rings. The molecule has 0 radical (unpaired) electrons. The maximum Gasteiger partial charge on any atom is 0.0904 e. The average Bonchev–Trinajstić information content (AvgIpc) is 3.79. The van der Waals surface area contributed by atoms with Gasteiger partial charge < -0.3 is 14.2 Å². The number of ether oxygens (including phenoxy) is 3. The van der Waals surface area contributed by atoms with E-state index in [-0.39, 0.29) is 18.1 Å². The van der Waals surface area contributed by atoms with Gasteiger partial charge in [-0.15, -0.1) is 0 Å². The van der Waals surface area contributed by atoms with E-state index in [9.17, 15) is 0 Å². The second kappa shape index (κ2) is 14.3. The van der Waals surface area contributed by atoms with Crippen molar-refractivity contribution in [2.45, 2.75) is 80.7 Å². The van der Waals surface area contributed by atoms with Crippen LogP contribution >= 0.6 is 23.5 Å². The van der Waals surface area contributed by atoms with Gasteiger partial charge in [0.1, 0.15) is 0 Å². The maximum absolute atomic E-state index is 6.76. The number of thioether (sulfide) groups is 2. The summed E-state index contributed by atoms with van der Waals surface area (Å²) in [4.78, 5) is 15.5. The molecule has 6 rings (SSSR count). The molecule has 0 aromatic carbocycles. The molecule has 7 nitrogen and oxygen atoms in total. The minimum absolute atomic E-state index is 0.0789. The molecule has 0 saturated carbocycles. The molecule has 5 atom stereocenters. The zero-order chi connectivity index (χ0) is 29.1. The Morgan fingerprint density at radius 3 is 2.12 bits per heavy atom. The molecule has 6 heterocycles. The molecule has 0 bridgehead atoms. The fourth-order valence-electron chi connectivity index (χ4n) is 6.80. The molecule has 2 aromatic rings. The number of hydrogen-bond acceptors (Lipinski definition) is 9. The van der Waals surface area contributed by atoms with Gasteiger partial charge in [-0.1, -0.05) is 12.1 Å². The van der Waals surface area contributed by atoms with E-state index in [1.165, 1.54) is 59.8 Å². The molecule has 230 valence electrons. The minimum atomic E-state index is 0.0789. The van der Waals surface area contributed by atoms with Gasteiger partial charge >= 0.3 is 0 Å². The van der Waals surface area contributed by atoms with Crippen LogP contribution < -0.4 is 0 Å². The highest BCUT2D eigenvalue weighted by molar-refractivity contribution is 7.99. The molecule has 4 unspecified atom stereocenters. The Morgan fingerprint density at radius 1 is 0.833 bits per heavy atom. The normalized spacial score (nSPS) is 27.0. The number of rotatable bonds is 12. The Hall–Kier alpha value is -1.20. The summed E-state index contributed by atoms with van der Waals surface area (Å²) in [5.41, 5.74) is 7.50. The first-order valence-electron chi connectivity index (χ1n) is 15.8. The third-order valence-electron chi connectivity index (χ3n) is 9.64. The van der Waals surface area contributed by atoms with Crippen molar-refractivity contribution in [1.29, 1.82) is 0 Å². The standard InChI is InChI=1S/C33H48N4O3S2/c1-22(41-3)29-9-7-26(24-11-14-38-19-24)31(34-29)18-37-15-25(16-37)40-33-21-39-20-28(33)27-8-10-30(23(2)42-4)35-32(27)17-36-12-5-6-13-36/h7-10,22-25,28,33H,5-6,11-21H2,1-4H3/t22?,23?,24?,28-,33?/m1/s1. The molecule has 9 heteroatoms. The maximum atomic E-state index is 6.76. The first-order valence-corrected chi connectivity index (χ1v) is 18.4. The minimum Gasteiger partial charge on any atom is -0.381 e. The van der Waals surface area contributed by atoms with E-state index < -0.39 is 0 Å². The van der Waals surface area contributed by atoms with Crippen LogP contribution in [-0.4, -0.2) is 97.1 Å². The Balaban J connectivity index is 1.11. The van der Waals surface area contributed by atoms with Crippen LogP contribution in [0, 0.1) is 0 Å². The van der Waals surface area contributed by atoms with Gasteiger partial charge in [-0.25, -0.2) is 0 Å². The second-order valence-electron chi connectivity index (χ2n) is 12.5. The van der Waals surface area contributed by atoms with E-state index in [0.29, 0.717) is 29.6 Å². The van der Waals surface area contributed by atoms with Gasteiger partial charge in [-0.3, -0.25) is 19.8 Å². The number of hydrogen-bond donors (Lipinski definition) is 0. The van der Waals surface area contributed by atoms with Gasteiger partial charge in [0.05, 0.1) is 54.8 Å². The Kier molecular flexibility index (Phi) is 10.5. The first-order chi connectivity index (χ1) is 20.5. The van der Waals surface area contributed by atoms with Crippen molar-refractivity contribution >= 4 is 23.5 Å². The Labute approximate surface area is 260 Å². The van der Waals surface area contributed by atoms with Crippen molar-refractivity contribution in [3.05, 3.63) is 58.2 Å². The van der Waals surface area contributed by atoms with Gasteiger partial charge in [0.25, 0.3) is 0 Å². The number of likely N-dealkylation sites (tertiary alicyclic amines) is 2. The van der Waals surface area contributed by atoms with Crippen LogP contribution in [0.15, 0.2) is 24.3 Å². The van der Waals surface area contributed by atoms with Crippen molar-refractivity contribution in [3.8, 4) is 0 Å². The van der Waals surface area contributed by atoms with Crippen LogP contribution in [0.1, 0.15) is 89.3 Å². The molecule has 0 aliphatic carbocycles. The largest absolute Gasteiger partial charge is 0.381 e. The lowest BCUT2D eigenvalue weighted by molar-refractivity contribution is -0.0987. The van der Waals surface area contributed by atoms with Crippen molar-refractivity contribution in [2.24, 2.45) is 0 Å². The molecular formula is C33H48N4O3S2. The van der Waals surface area contributed by atoms with E-state index in [1.807, 2.05) is 23.5 Å². The molecule has 0 spiro atoms. The smallest absolute Gasteiger partial charge is 0.0904 e. The van der Waals surface area contributed by atoms with Gasteiger partial charge in [0, 0.05) is 55.1 Å². The summed E-state index contributed by atoms with van der Waals surface area (Å²) < 4.78 is 18.5. The number of nitrogens with zero attached hydrogens (tertiary/aromatic N) is 4. The summed E-state index contributed by atoms with van der Waals surface area (Å²) in [6, 6.07) is 9.10. The summed E-state index contributed by atoms with van der Waals surface area (Å²) in [6.07, 6.45) is 8.31. The van der Waals surface area contributed by atoms with Crippen molar-refractivity contribution in [1.82, 2.24) is 19.8 Å². The highest BCUT2D eigenvalue weighted by Crippen LogP contribution is 2.36.